The van der Waals surface area contributed by atoms with Crippen molar-refractivity contribution in [2.45, 2.75) is 45.6 Å². The van der Waals surface area contributed by atoms with Crippen molar-refractivity contribution in [3.63, 3.8) is 0 Å². The van der Waals surface area contributed by atoms with Gasteiger partial charge in [-0.2, -0.15) is 5.10 Å². The van der Waals surface area contributed by atoms with E-state index in [4.69, 9.17) is 4.74 Å². The molecule has 1 aromatic heterocycles. The monoisotopic (exact) mass is 371 g/mol. The second kappa shape index (κ2) is 7.08. The molecule has 0 saturated carbocycles. The molecule has 0 spiro atoms. The van der Waals surface area contributed by atoms with Crippen LogP contribution in [-0.4, -0.2) is 28.9 Å². The zero-order valence-electron chi connectivity index (χ0n) is 15.9. The molecule has 2 aromatic rings. The Bertz CT molecular complexity index is 840. The lowest BCUT2D eigenvalue weighted by molar-refractivity contribution is -0.128. The van der Waals surface area contributed by atoms with Crippen molar-refractivity contribution in [2.75, 3.05) is 13.2 Å². The molecule has 1 fully saturated rings. The Hall–Kier alpha value is -2.21. The fourth-order valence-electron chi connectivity index (χ4n) is 4.25. The van der Waals surface area contributed by atoms with Crippen molar-refractivity contribution in [3.05, 3.63) is 47.5 Å². The number of benzene rings is 1. The third-order valence-electron chi connectivity index (χ3n) is 5.64. The van der Waals surface area contributed by atoms with Crippen molar-refractivity contribution in [2.24, 2.45) is 11.3 Å². The van der Waals surface area contributed by atoms with Gasteiger partial charge in [0.1, 0.15) is 5.82 Å². The molecule has 5 nitrogen and oxygen atoms in total. The molecule has 144 valence electrons. The van der Waals surface area contributed by atoms with Gasteiger partial charge in [0.05, 0.1) is 23.6 Å². The average molecular weight is 371 g/mol. The molecule has 27 heavy (non-hydrogen) atoms. The Morgan fingerprint density at radius 3 is 2.85 bits per heavy atom. The smallest absolute Gasteiger partial charge is 0.223 e. The Kier molecular flexibility index (Phi) is 4.76. The predicted octanol–water partition coefficient (Wildman–Crippen LogP) is 3.57. The molecule has 1 atom stereocenters. The molecule has 2 aliphatic rings. The van der Waals surface area contributed by atoms with Crippen LogP contribution < -0.4 is 5.32 Å². The minimum atomic E-state index is -0.281. The van der Waals surface area contributed by atoms with Crippen LogP contribution in [0.2, 0.25) is 0 Å². The Morgan fingerprint density at radius 1 is 1.33 bits per heavy atom. The summed E-state index contributed by atoms with van der Waals surface area (Å²) in [6.07, 6.45) is 5.07. The van der Waals surface area contributed by atoms with Crippen LogP contribution in [0.3, 0.4) is 0 Å². The molecule has 1 aromatic carbocycles. The summed E-state index contributed by atoms with van der Waals surface area (Å²) in [5.41, 5.74) is 2.82. The van der Waals surface area contributed by atoms with Crippen LogP contribution in [0.1, 0.15) is 50.4 Å². The Labute approximate surface area is 158 Å². The number of hydrogen-bond donors (Lipinski definition) is 1. The van der Waals surface area contributed by atoms with Gasteiger partial charge in [-0.15, -0.1) is 0 Å². The van der Waals surface area contributed by atoms with Crippen LogP contribution in [0.4, 0.5) is 4.39 Å². The first-order valence-electron chi connectivity index (χ1n) is 9.64. The van der Waals surface area contributed by atoms with Gasteiger partial charge in [-0.1, -0.05) is 19.9 Å². The second-order valence-corrected chi connectivity index (χ2v) is 8.43. The molecule has 4 rings (SSSR count). The van der Waals surface area contributed by atoms with Crippen molar-refractivity contribution in [1.29, 1.82) is 0 Å². The lowest BCUT2D eigenvalue weighted by Gasteiger charge is -2.36. The van der Waals surface area contributed by atoms with E-state index >= 15 is 0 Å². The van der Waals surface area contributed by atoms with Crippen molar-refractivity contribution < 1.29 is 13.9 Å². The third-order valence-corrected chi connectivity index (χ3v) is 5.64. The number of carbonyl (C=O) groups is 1. The normalized spacial score (nSPS) is 22.3. The maximum atomic E-state index is 13.7. The highest BCUT2D eigenvalue weighted by molar-refractivity contribution is 5.79. The number of rotatable bonds is 3. The molecule has 0 bridgehead atoms. The first-order chi connectivity index (χ1) is 12.9. The van der Waals surface area contributed by atoms with Gasteiger partial charge in [0.25, 0.3) is 0 Å². The summed E-state index contributed by atoms with van der Waals surface area (Å²) in [6.45, 7) is 5.70. The lowest BCUT2D eigenvalue weighted by Crippen LogP contribution is -2.40. The summed E-state index contributed by atoms with van der Waals surface area (Å²) >= 11 is 0. The highest BCUT2D eigenvalue weighted by atomic mass is 19.1. The zero-order valence-corrected chi connectivity index (χ0v) is 15.9. The number of ether oxygens (including phenoxy) is 1. The van der Waals surface area contributed by atoms with E-state index in [1.807, 2.05) is 16.9 Å². The van der Waals surface area contributed by atoms with Gasteiger partial charge in [0.15, 0.2) is 0 Å². The van der Waals surface area contributed by atoms with Gasteiger partial charge in [-0.25, -0.2) is 9.07 Å². The van der Waals surface area contributed by atoms with Crippen molar-refractivity contribution in [1.82, 2.24) is 15.1 Å². The molecule has 1 amide bonds. The average Bonchev–Trinajstić information content (AvgIpc) is 3.05. The van der Waals surface area contributed by atoms with Gasteiger partial charge >= 0.3 is 0 Å². The predicted molar refractivity (Wildman–Crippen MR) is 100 cm³/mol. The number of hydrogen-bond acceptors (Lipinski definition) is 3. The summed E-state index contributed by atoms with van der Waals surface area (Å²) in [7, 11) is 0. The summed E-state index contributed by atoms with van der Waals surface area (Å²) in [5, 5.41) is 7.78. The quantitative estimate of drug-likeness (QED) is 0.897. The minimum Gasteiger partial charge on any atom is -0.381 e. The molecule has 1 N–H and O–H groups in total. The molecular weight excluding hydrogens is 345 g/mol. The van der Waals surface area contributed by atoms with Gasteiger partial charge in [0.2, 0.25) is 5.91 Å². The number of amides is 1. The maximum Gasteiger partial charge on any atom is 0.223 e. The largest absolute Gasteiger partial charge is 0.381 e. The van der Waals surface area contributed by atoms with Crippen molar-refractivity contribution >= 4 is 5.91 Å². The van der Waals surface area contributed by atoms with E-state index in [1.54, 1.807) is 6.07 Å². The summed E-state index contributed by atoms with van der Waals surface area (Å²) < 4.78 is 20.9. The van der Waals surface area contributed by atoms with E-state index in [0.717, 1.165) is 36.9 Å². The third kappa shape index (κ3) is 3.76. The fraction of sp³-hybridized carbons (Fsp3) is 0.524. The van der Waals surface area contributed by atoms with E-state index in [2.05, 4.69) is 24.3 Å². The van der Waals surface area contributed by atoms with Crippen LogP contribution in [0.25, 0.3) is 5.69 Å². The van der Waals surface area contributed by atoms with Crippen LogP contribution in [0.5, 0.6) is 0 Å². The summed E-state index contributed by atoms with van der Waals surface area (Å²) in [6, 6.07) is 6.40. The van der Waals surface area contributed by atoms with Gasteiger partial charge < -0.3 is 10.1 Å². The van der Waals surface area contributed by atoms with E-state index in [9.17, 15) is 9.18 Å². The molecule has 1 aliphatic heterocycles. The maximum absolute atomic E-state index is 13.7. The lowest BCUT2D eigenvalue weighted by atomic mass is 9.74. The summed E-state index contributed by atoms with van der Waals surface area (Å²) in [5.74, 6) is -0.160. The second-order valence-electron chi connectivity index (χ2n) is 8.43. The topological polar surface area (TPSA) is 56.2 Å². The number of nitrogens with one attached hydrogen (secondary N) is 1. The van der Waals surface area contributed by atoms with Crippen LogP contribution in [0.15, 0.2) is 30.5 Å². The molecule has 6 heteroatoms. The van der Waals surface area contributed by atoms with E-state index in [1.165, 1.54) is 12.1 Å². The number of aromatic nitrogens is 2. The Morgan fingerprint density at radius 2 is 2.11 bits per heavy atom. The highest BCUT2D eigenvalue weighted by Crippen LogP contribution is 2.41. The number of halogens is 1. The Balaban J connectivity index is 1.63. The van der Waals surface area contributed by atoms with Gasteiger partial charge in [-0.05, 0) is 49.3 Å². The molecule has 1 aliphatic carbocycles. The summed E-state index contributed by atoms with van der Waals surface area (Å²) in [4.78, 5) is 12.8. The SMILES string of the molecule is CC1(C)Cc2c(cnn2-c2cccc(F)c2)[C@H](NC(=O)C2CCOCC2)C1. The van der Waals surface area contributed by atoms with E-state index in [0.29, 0.717) is 18.9 Å². The van der Waals surface area contributed by atoms with Crippen molar-refractivity contribution in [3.8, 4) is 5.69 Å². The van der Waals surface area contributed by atoms with E-state index in [-0.39, 0.29) is 29.1 Å². The molecule has 0 radical (unpaired) electrons. The number of fused-ring (bicyclic) bond motifs is 1. The van der Waals surface area contributed by atoms with Gasteiger partial charge in [-0.3, -0.25) is 4.79 Å². The van der Waals surface area contributed by atoms with Crippen LogP contribution in [0, 0.1) is 17.2 Å². The first kappa shape index (κ1) is 18.2. The molecular formula is C21H26FN3O2. The van der Waals surface area contributed by atoms with Crippen LogP contribution >= 0.6 is 0 Å². The number of nitrogens with zero attached hydrogens (tertiary/aromatic N) is 2. The van der Waals surface area contributed by atoms with E-state index < -0.39 is 0 Å². The zero-order chi connectivity index (χ0) is 19.0. The minimum absolute atomic E-state index is 0.0190. The highest BCUT2D eigenvalue weighted by Gasteiger charge is 2.37. The molecule has 1 saturated heterocycles. The van der Waals surface area contributed by atoms with Gasteiger partial charge in [0, 0.05) is 24.7 Å². The standard InChI is InChI=1S/C21H26FN3O2/c1-21(2)11-18(24-20(26)14-6-8-27-9-7-14)17-13-23-25(19(17)12-21)16-5-3-4-15(22)10-16/h3-5,10,13-14,18H,6-9,11-12H2,1-2H3,(H,24,26)/t18-/m1/s1. The van der Waals surface area contributed by atoms with Crippen LogP contribution in [-0.2, 0) is 16.0 Å². The number of carbonyl (C=O) groups excluding carboxylic acids is 1. The molecule has 2 heterocycles. The fourth-order valence-corrected chi connectivity index (χ4v) is 4.25. The molecule has 0 unspecified atom stereocenters. The first-order valence-corrected chi connectivity index (χ1v) is 9.64.